The van der Waals surface area contributed by atoms with Gasteiger partial charge in [-0.2, -0.15) is 0 Å². The highest BCUT2D eigenvalue weighted by molar-refractivity contribution is 8.02. The van der Waals surface area contributed by atoms with E-state index in [9.17, 15) is 22.8 Å². The fourth-order valence-corrected chi connectivity index (χ4v) is 5.98. The van der Waals surface area contributed by atoms with E-state index < -0.39 is 15.8 Å². The molecule has 9 heteroatoms. The van der Waals surface area contributed by atoms with Gasteiger partial charge in [0.05, 0.1) is 17.3 Å². The van der Waals surface area contributed by atoms with Crippen molar-refractivity contribution in [2.45, 2.75) is 31.4 Å². The SMILES string of the molecule is CCCC(=O)Nc1ccc(C(=O)COC(=O)CS[C@H]2CCS(=O)(=O)C2)cc1. The van der Waals surface area contributed by atoms with Crippen LogP contribution in [-0.4, -0.2) is 55.2 Å². The average Bonchev–Trinajstić information content (AvgIpc) is 2.97. The Morgan fingerprint density at radius 3 is 2.52 bits per heavy atom. The number of anilines is 1. The summed E-state index contributed by atoms with van der Waals surface area (Å²) >= 11 is 1.25. The maximum atomic E-state index is 12.1. The van der Waals surface area contributed by atoms with Crippen LogP contribution < -0.4 is 5.32 Å². The molecule has 1 heterocycles. The molecule has 27 heavy (non-hydrogen) atoms. The number of thioether (sulfide) groups is 1. The maximum Gasteiger partial charge on any atom is 0.316 e. The lowest BCUT2D eigenvalue weighted by Gasteiger charge is -2.08. The number of sulfone groups is 1. The van der Waals surface area contributed by atoms with Gasteiger partial charge in [-0.1, -0.05) is 6.92 Å². The van der Waals surface area contributed by atoms with Crippen LogP contribution in [0.2, 0.25) is 0 Å². The Hall–Kier alpha value is -1.87. The van der Waals surface area contributed by atoms with Crippen LogP contribution in [0.5, 0.6) is 0 Å². The molecule has 7 nitrogen and oxygen atoms in total. The van der Waals surface area contributed by atoms with Crippen molar-refractivity contribution in [2.24, 2.45) is 0 Å². The van der Waals surface area contributed by atoms with Crippen molar-refractivity contribution in [3.05, 3.63) is 29.8 Å². The molecular formula is C18H23NO6S2. The third-order valence-electron chi connectivity index (χ3n) is 3.96. The smallest absolute Gasteiger partial charge is 0.316 e. The van der Waals surface area contributed by atoms with Crippen molar-refractivity contribution in [2.75, 3.05) is 29.2 Å². The molecule has 1 aliphatic heterocycles. The Morgan fingerprint density at radius 2 is 1.93 bits per heavy atom. The summed E-state index contributed by atoms with van der Waals surface area (Å²) in [6.07, 6.45) is 1.73. The van der Waals surface area contributed by atoms with Gasteiger partial charge in [0, 0.05) is 22.9 Å². The maximum absolute atomic E-state index is 12.1. The van der Waals surface area contributed by atoms with Gasteiger partial charge >= 0.3 is 5.97 Å². The second kappa shape index (κ2) is 9.89. The van der Waals surface area contributed by atoms with Crippen molar-refractivity contribution in [1.82, 2.24) is 0 Å². The Labute approximate surface area is 163 Å². The number of amides is 1. The van der Waals surface area contributed by atoms with Crippen LogP contribution in [0.15, 0.2) is 24.3 Å². The van der Waals surface area contributed by atoms with E-state index in [4.69, 9.17) is 4.74 Å². The highest BCUT2D eigenvalue weighted by Crippen LogP contribution is 2.24. The van der Waals surface area contributed by atoms with Gasteiger partial charge in [-0.05, 0) is 37.1 Å². The van der Waals surface area contributed by atoms with Crippen molar-refractivity contribution in [3.8, 4) is 0 Å². The fourth-order valence-electron chi connectivity index (χ4n) is 2.54. The van der Waals surface area contributed by atoms with Crippen LogP contribution in [-0.2, 0) is 24.2 Å². The molecule has 1 aromatic carbocycles. The fraction of sp³-hybridized carbons (Fsp3) is 0.500. The van der Waals surface area contributed by atoms with Gasteiger partial charge in [0.15, 0.2) is 22.2 Å². The number of esters is 1. The lowest BCUT2D eigenvalue weighted by atomic mass is 10.1. The summed E-state index contributed by atoms with van der Waals surface area (Å²) in [6.45, 7) is 1.54. The van der Waals surface area contributed by atoms with Gasteiger partial charge in [-0.25, -0.2) is 8.42 Å². The minimum absolute atomic E-state index is 0.0237. The van der Waals surface area contributed by atoms with Gasteiger partial charge < -0.3 is 10.1 Å². The lowest BCUT2D eigenvalue weighted by Crippen LogP contribution is -2.17. The molecule has 1 atom stereocenters. The number of hydrogen-bond donors (Lipinski definition) is 1. The standard InChI is InChI=1S/C18H23NO6S2/c1-2-3-17(21)19-14-6-4-13(5-7-14)16(20)10-25-18(22)11-26-15-8-9-27(23,24)12-15/h4-7,15H,2-3,8-12H2,1H3,(H,19,21)/t15-/m0/s1. The Balaban J connectivity index is 1.73. The summed E-state index contributed by atoms with van der Waals surface area (Å²) in [4.78, 5) is 35.4. The highest BCUT2D eigenvalue weighted by atomic mass is 32.2. The van der Waals surface area contributed by atoms with Crippen LogP contribution in [0.4, 0.5) is 5.69 Å². The molecule has 148 valence electrons. The molecule has 1 aromatic rings. The molecule has 0 bridgehead atoms. The number of hydrogen-bond acceptors (Lipinski definition) is 7. The van der Waals surface area contributed by atoms with Crippen LogP contribution >= 0.6 is 11.8 Å². The largest absolute Gasteiger partial charge is 0.457 e. The number of rotatable bonds is 9. The van der Waals surface area contributed by atoms with E-state index in [1.807, 2.05) is 6.92 Å². The van der Waals surface area contributed by atoms with Crippen molar-refractivity contribution >= 4 is 44.9 Å². The normalized spacial score (nSPS) is 18.0. The monoisotopic (exact) mass is 413 g/mol. The van der Waals surface area contributed by atoms with Crippen LogP contribution in [0.25, 0.3) is 0 Å². The molecule has 1 saturated heterocycles. The third-order valence-corrected chi connectivity index (χ3v) is 7.21. The van der Waals surface area contributed by atoms with Crippen LogP contribution in [0.3, 0.4) is 0 Å². The second-order valence-corrected chi connectivity index (χ2v) is 9.81. The van der Waals surface area contributed by atoms with E-state index in [-0.39, 0.29) is 40.8 Å². The number of ether oxygens (including phenoxy) is 1. The first-order chi connectivity index (χ1) is 12.8. The van der Waals surface area contributed by atoms with Crippen LogP contribution in [0.1, 0.15) is 36.5 Å². The van der Waals surface area contributed by atoms with E-state index in [0.717, 1.165) is 6.42 Å². The molecule has 1 N–H and O–H groups in total. The summed E-state index contributed by atoms with van der Waals surface area (Å²) in [5, 5.41) is 2.64. The molecule has 1 amide bonds. The molecule has 1 fully saturated rings. The molecule has 0 aliphatic carbocycles. The topological polar surface area (TPSA) is 107 Å². The molecule has 0 spiro atoms. The first kappa shape index (κ1) is 21.4. The van der Waals surface area contributed by atoms with Gasteiger partial charge in [0.25, 0.3) is 0 Å². The molecule has 0 saturated carbocycles. The van der Waals surface area contributed by atoms with E-state index in [0.29, 0.717) is 24.1 Å². The number of carbonyl (C=O) groups excluding carboxylic acids is 3. The molecule has 1 aliphatic rings. The predicted molar refractivity (Wildman–Crippen MR) is 105 cm³/mol. The first-order valence-corrected chi connectivity index (χ1v) is 11.6. The van der Waals surface area contributed by atoms with Crippen molar-refractivity contribution in [1.29, 1.82) is 0 Å². The van der Waals surface area contributed by atoms with E-state index in [2.05, 4.69) is 5.32 Å². The van der Waals surface area contributed by atoms with Gasteiger partial charge in [0.1, 0.15) is 0 Å². The Morgan fingerprint density at radius 1 is 1.22 bits per heavy atom. The summed E-state index contributed by atoms with van der Waals surface area (Å²) in [7, 11) is -2.97. The van der Waals surface area contributed by atoms with E-state index >= 15 is 0 Å². The number of ketones is 1. The summed E-state index contributed by atoms with van der Waals surface area (Å²) in [5.41, 5.74) is 0.982. The quantitative estimate of drug-likeness (QED) is 0.488. The third kappa shape index (κ3) is 7.34. The zero-order chi connectivity index (χ0) is 19.9. The number of Topliss-reactive ketones (excluding diaryl/α,β-unsaturated/α-hetero) is 1. The predicted octanol–water partition coefficient (Wildman–Crippen LogP) is 2.07. The lowest BCUT2D eigenvalue weighted by molar-refractivity contribution is -0.139. The van der Waals surface area contributed by atoms with Gasteiger partial charge in [-0.3, -0.25) is 14.4 Å². The minimum Gasteiger partial charge on any atom is -0.457 e. The molecular weight excluding hydrogens is 390 g/mol. The Bertz CT molecular complexity index is 789. The molecule has 2 rings (SSSR count). The summed E-state index contributed by atoms with van der Waals surface area (Å²) in [5.74, 6) is -0.698. The van der Waals surface area contributed by atoms with E-state index in [1.54, 1.807) is 24.3 Å². The summed E-state index contributed by atoms with van der Waals surface area (Å²) in [6, 6.07) is 6.38. The second-order valence-electron chi connectivity index (χ2n) is 6.30. The van der Waals surface area contributed by atoms with Gasteiger partial charge in [0.2, 0.25) is 5.91 Å². The van der Waals surface area contributed by atoms with Crippen LogP contribution in [0, 0.1) is 0 Å². The highest BCUT2D eigenvalue weighted by Gasteiger charge is 2.28. The molecule has 0 aromatic heterocycles. The molecule has 0 unspecified atom stereocenters. The van der Waals surface area contributed by atoms with Crippen molar-refractivity contribution < 1.29 is 27.5 Å². The van der Waals surface area contributed by atoms with E-state index in [1.165, 1.54) is 11.8 Å². The number of nitrogens with one attached hydrogen (secondary N) is 1. The average molecular weight is 414 g/mol. The number of carbonyl (C=O) groups is 3. The number of benzene rings is 1. The zero-order valence-corrected chi connectivity index (χ0v) is 16.7. The zero-order valence-electron chi connectivity index (χ0n) is 15.1. The van der Waals surface area contributed by atoms with Gasteiger partial charge in [-0.15, -0.1) is 11.8 Å². The summed E-state index contributed by atoms with van der Waals surface area (Å²) < 4.78 is 27.7. The Kier molecular flexibility index (Phi) is 7.85. The molecule has 0 radical (unpaired) electrons. The first-order valence-electron chi connectivity index (χ1n) is 8.70. The van der Waals surface area contributed by atoms with Crippen molar-refractivity contribution in [3.63, 3.8) is 0 Å². The minimum atomic E-state index is -2.97.